The van der Waals surface area contributed by atoms with Gasteiger partial charge in [-0.3, -0.25) is 9.78 Å². The second-order valence-electron chi connectivity index (χ2n) is 7.52. The molecule has 1 saturated heterocycles. The molecule has 1 aliphatic heterocycles. The predicted molar refractivity (Wildman–Crippen MR) is 114 cm³/mol. The van der Waals surface area contributed by atoms with Gasteiger partial charge in [-0.25, -0.2) is 4.98 Å². The van der Waals surface area contributed by atoms with Crippen molar-refractivity contribution in [1.82, 2.24) is 14.9 Å². The third-order valence-electron chi connectivity index (χ3n) is 5.61. The van der Waals surface area contributed by atoms with Crippen LogP contribution in [-0.4, -0.2) is 40.9 Å². The van der Waals surface area contributed by atoms with E-state index in [9.17, 15) is 4.79 Å². The van der Waals surface area contributed by atoms with E-state index in [1.54, 1.807) is 18.6 Å². The average Bonchev–Trinajstić information content (AvgIpc) is 2.81. The highest BCUT2D eigenvalue weighted by Gasteiger charge is 2.32. The Morgan fingerprint density at radius 1 is 1.03 bits per heavy atom. The van der Waals surface area contributed by atoms with Gasteiger partial charge in [0.05, 0.1) is 18.2 Å². The molecule has 0 radical (unpaired) electrons. The van der Waals surface area contributed by atoms with Gasteiger partial charge < -0.3 is 9.80 Å². The smallest absolute Gasteiger partial charge is 0.227 e. The molecule has 1 unspecified atom stereocenters. The second kappa shape index (κ2) is 8.86. The molecule has 1 fully saturated rings. The van der Waals surface area contributed by atoms with Crippen molar-refractivity contribution < 1.29 is 4.79 Å². The number of hydrogen-bond donors (Lipinski definition) is 0. The minimum absolute atomic E-state index is 0.0503. The summed E-state index contributed by atoms with van der Waals surface area (Å²) in [4.78, 5) is 26.2. The van der Waals surface area contributed by atoms with Gasteiger partial charge in [0.15, 0.2) is 0 Å². The number of carbonyl (C=O) groups is 1. The molecule has 0 aliphatic carbocycles. The molecule has 0 spiro atoms. The van der Waals surface area contributed by atoms with Crippen LogP contribution in [0.2, 0.25) is 0 Å². The molecule has 2 aromatic carbocycles. The fourth-order valence-corrected chi connectivity index (χ4v) is 4.17. The van der Waals surface area contributed by atoms with Gasteiger partial charge in [-0.15, -0.1) is 0 Å². The van der Waals surface area contributed by atoms with Gasteiger partial charge in [-0.2, -0.15) is 0 Å². The normalized spacial score (nSPS) is 16.6. The first-order valence-corrected chi connectivity index (χ1v) is 10.1. The van der Waals surface area contributed by atoms with Crippen LogP contribution in [0.1, 0.15) is 30.0 Å². The number of hydrogen-bond acceptors (Lipinski definition) is 4. The van der Waals surface area contributed by atoms with Crippen LogP contribution in [0.25, 0.3) is 0 Å². The third kappa shape index (κ3) is 4.29. The van der Waals surface area contributed by atoms with Gasteiger partial charge in [-0.1, -0.05) is 60.7 Å². The number of nitrogens with zero attached hydrogens (tertiary/aromatic N) is 4. The molecule has 1 aromatic heterocycles. The Balaban J connectivity index is 1.57. The van der Waals surface area contributed by atoms with Crippen LogP contribution in [0.15, 0.2) is 79.3 Å². The minimum atomic E-state index is -0.100. The lowest BCUT2D eigenvalue weighted by atomic mass is 9.93. The zero-order chi connectivity index (χ0) is 20.1. The summed E-state index contributed by atoms with van der Waals surface area (Å²) >= 11 is 0. The zero-order valence-electron chi connectivity index (χ0n) is 16.7. The number of benzene rings is 2. The molecule has 0 N–H and O–H groups in total. The van der Waals surface area contributed by atoms with E-state index < -0.39 is 0 Å². The van der Waals surface area contributed by atoms with Gasteiger partial charge in [0.25, 0.3) is 0 Å². The Bertz CT molecular complexity index is 878. The van der Waals surface area contributed by atoms with Crippen LogP contribution in [0.5, 0.6) is 0 Å². The maximum Gasteiger partial charge on any atom is 0.227 e. The lowest BCUT2D eigenvalue weighted by molar-refractivity contribution is -0.136. The van der Waals surface area contributed by atoms with Crippen LogP contribution in [0.4, 0.5) is 5.82 Å². The van der Waals surface area contributed by atoms with E-state index in [2.05, 4.69) is 39.1 Å². The van der Waals surface area contributed by atoms with Crippen LogP contribution in [-0.2, 0) is 4.79 Å². The summed E-state index contributed by atoms with van der Waals surface area (Å²) in [5, 5.41) is 0. The van der Waals surface area contributed by atoms with Gasteiger partial charge >= 0.3 is 0 Å². The number of anilines is 1. The van der Waals surface area contributed by atoms with Crippen molar-refractivity contribution in [2.75, 3.05) is 25.0 Å². The SMILES string of the molecule is CN(C(=O)C1CCCN(c2cnccn2)C1)C(c1ccccc1)c1ccccc1. The summed E-state index contributed by atoms with van der Waals surface area (Å²) in [5.41, 5.74) is 2.24. The second-order valence-corrected chi connectivity index (χ2v) is 7.52. The van der Waals surface area contributed by atoms with E-state index in [0.29, 0.717) is 6.54 Å². The van der Waals surface area contributed by atoms with Crippen LogP contribution in [0.3, 0.4) is 0 Å². The van der Waals surface area contributed by atoms with Crippen LogP contribution >= 0.6 is 0 Å². The van der Waals surface area contributed by atoms with Crippen molar-refractivity contribution in [2.24, 2.45) is 5.92 Å². The molecule has 29 heavy (non-hydrogen) atoms. The molecule has 0 bridgehead atoms. The predicted octanol–water partition coefficient (Wildman–Crippen LogP) is 3.94. The fourth-order valence-electron chi connectivity index (χ4n) is 4.17. The molecular weight excluding hydrogens is 360 g/mol. The number of rotatable bonds is 5. The maximum absolute atomic E-state index is 13.5. The molecule has 1 aliphatic rings. The fraction of sp³-hybridized carbons (Fsp3) is 0.292. The van der Waals surface area contributed by atoms with Crippen LogP contribution in [0, 0.1) is 5.92 Å². The average molecular weight is 386 g/mol. The first-order valence-electron chi connectivity index (χ1n) is 10.1. The Morgan fingerprint density at radius 2 is 1.69 bits per heavy atom. The first-order chi connectivity index (χ1) is 14.2. The van der Waals surface area contributed by atoms with Gasteiger partial charge in [0.1, 0.15) is 5.82 Å². The summed E-state index contributed by atoms with van der Waals surface area (Å²) in [5.74, 6) is 0.970. The van der Waals surface area contributed by atoms with E-state index in [1.807, 2.05) is 48.3 Å². The molecule has 1 amide bonds. The number of piperidine rings is 1. The van der Waals surface area contributed by atoms with Crippen molar-refractivity contribution in [3.8, 4) is 0 Å². The molecule has 0 saturated carbocycles. The summed E-state index contributed by atoms with van der Waals surface area (Å²) in [6.07, 6.45) is 7.02. The quantitative estimate of drug-likeness (QED) is 0.666. The molecule has 1 atom stereocenters. The van der Waals surface area contributed by atoms with E-state index in [1.165, 1.54) is 0 Å². The minimum Gasteiger partial charge on any atom is -0.355 e. The summed E-state index contributed by atoms with van der Waals surface area (Å²) in [7, 11) is 1.92. The highest BCUT2D eigenvalue weighted by Crippen LogP contribution is 2.30. The molecule has 5 nitrogen and oxygen atoms in total. The third-order valence-corrected chi connectivity index (χ3v) is 5.61. The molecule has 3 aromatic rings. The monoisotopic (exact) mass is 386 g/mol. The van der Waals surface area contributed by atoms with Crippen molar-refractivity contribution in [3.63, 3.8) is 0 Å². The number of aromatic nitrogens is 2. The molecule has 4 rings (SSSR count). The summed E-state index contributed by atoms with van der Waals surface area (Å²) in [6.45, 7) is 1.59. The van der Waals surface area contributed by atoms with Crippen molar-refractivity contribution in [3.05, 3.63) is 90.4 Å². The standard InChI is InChI=1S/C24H26N4O/c1-27(23(19-9-4-2-5-10-19)20-11-6-3-7-12-20)24(29)21-13-8-16-28(18-21)22-17-25-14-15-26-22/h2-7,9-12,14-15,17,21,23H,8,13,16,18H2,1H3. The summed E-state index contributed by atoms with van der Waals surface area (Å²) in [6, 6.07) is 20.4. The van der Waals surface area contributed by atoms with E-state index in [0.717, 1.165) is 36.3 Å². The largest absolute Gasteiger partial charge is 0.355 e. The van der Waals surface area contributed by atoms with Crippen LogP contribution < -0.4 is 4.90 Å². The van der Waals surface area contributed by atoms with Crippen molar-refractivity contribution in [2.45, 2.75) is 18.9 Å². The Kier molecular flexibility index (Phi) is 5.84. The molecule has 2 heterocycles. The maximum atomic E-state index is 13.5. The lowest BCUT2D eigenvalue weighted by Crippen LogP contribution is -2.45. The molecule has 148 valence electrons. The van der Waals surface area contributed by atoms with Crippen molar-refractivity contribution in [1.29, 1.82) is 0 Å². The number of amides is 1. The highest BCUT2D eigenvalue weighted by molar-refractivity contribution is 5.80. The first kappa shape index (κ1) is 19.1. The van der Waals surface area contributed by atoms with E-state index >= 15 is 0 Å². The Hall–Kier alpha value is -3.21. The lowest BCUT2D eigenvalue weighted by Gasteiger charge is -2.37. The zero-order valence-corrected chi connectivity index (χ0v) is 16.7. The number of carbonyl (C=O) groups excluding carboxylic acids is 1. The Morgan fingerprint density at radius 3 is 2.28 bits per heavy atom. The highest BCUT2D eigenvalue weighted by atomic mass is 16.2. The molecule has 5 heteroatoms. The van der Waals surface area contributed by atoms with Gasteiger partial charge in [0, 0.05) is 32.5 Å². The molecular formula is C24H26N4O. The van der Waals surface area contributed by atoms with E-state index in [-0.39, 0.29) is 17.9 Å². The van der Waals surface area contributed by atoms with Crippen molar-refractivity contribution >= 4 is 11.7 Å². The van der Waals surface area contributed by atoms with Gasteiger partial charge in [-0.05, 0) is 24.0 Å². The van der Waals surface area contributed by atoms with E-state index in [4.69, 9.17) is 0 Å². The topological polar surface area (TPSA) is 49.3 Å². The Labute approximate surface area is 172 Å². The summed E-state index contributed by atoms with van der Waals surface area (Å²) < 4.78 is 0. The van der Waals surface area contributed by atoms with Gasteiger partial charge in [0.2, 0.25) is 5.91 Å².